The molecule has 2 fully saturated rings. The van der Waals surface area contributed by atoms with Gasteiger partial charge in [-0.2, -0.15) is 0 Å². The molecule has 2 rings (SSSR count). The normalized spacial score (nSPS) is 35.4. The Kier molecular flexibility index (Phi) is 4.96. The molecule has 2 aliphatic heterocycles. The maximum absolute atomic E-state index is 13.0. The average molecular weight is 276 g/mol. The van der Waals surface area contributed by atoms with Gasteiger partial charge < -0.3 is 15.0 Å². The van der Waals surface area contributed by atoms with E-state index < -0.39 is 12.3 Å². The molecule has 0 aromatic carbocycles. The van der Waals surface area contributed by atoms with Crippen molar-refractivity contribution in [2.75, 3.05) is 26.2 Å². The molecule has 0 aromatic rings. The van der Waals surface area contributed by atoms with E-state index in [0.717, 1.165) is 25.9 Å². The highest BCUT2D eigenvalue weighted by Gasteiger charge is 2.35. The topological polar surface area (TPSA) is 41.6 Å². The minimum Gasteiger partial charge on any atom is -0.378 e. The number of urea groups is 1. The smallest absolute Gasteiger partial charge is 0.317 e. The molecule has 2 aliphatic rings. The van der Waals surface area contributed by atoms with Gasteiger partial charge in [-0.15, -0.1) is 0 Å². The predicted molar refractivity (Wildman–Crippen MR) is 67.5 cm³/mol. The molecule has 0 bridgehead atoms. The van der Waals surface area contributed by atoms with Crippen LogP contribution in [0.25, 0.3) is 0 Å². The van der Waals surface area contributed by atoms with E-state index in [1.54, 1.807) is 0 Å². The van der Waals surface area contributed by atoms with E-state index in [0.29, 0.717) is 12.5 Å². The first kappa shape index (κ1) is 14.5. The van der Waals surface area contributed by atoms with Crippen molar-refractivity contribution in [3.8, 4) is 0 Å². The molecule has 2 amide bonds. The number of carbonyl (C=O) groups is 1. The molecule has 0 aromatic heterocycles. The first-order valence-corrected chi connectivity index (χ1v) is 6.98. The second-order valence-electron chi connectivity index (χ2n) is 5.53. The van der Waals surface area contributed by atoms with Crippen LogP contribution in [0, 0.1) is 5.92 Å². The minimum atomic E-state index is -1.54. The van der Waals surface area contributed by atoms with Crippen LogP contribution in [-0.4, -0.2) is 55.6 Å². The van der Waals surface area contributed by atoms with Gasteiger partial charge in [0, 0.05) is 13.2 Å². The highest BCUT2D eigenvalue weighted by molar-refractivity contribution is 5.74. The lowest BCUT2D eigenvalue weighted by atomic mass is 9.93. The van der Waals surface area contributed by atoms with Crippen LogP contribution >= 0.6 is 0 Å². The zero-order valence-corrected chi connectivity index (χ0v) is 11.3. The Morgan fingerprint density at radius 3 is 2.68 bits per heavy atom. The van der Waals surface area contributed by atoms with Crippen molar-refractivity contribution in [2.45, 2.75) is 44.6 Å². The Labute approximate surface area is 112 Å². The van der Waals surface area contributed by atoms with Crippen LogP contribution in [0.5, 0.6) is 0 Å². The second kappa shape index (κ2) is 6.50. The number of hydrogen-bond acceptors (Lipinski definition) is 2. The molecule has 2 heterocycles. The molecule has 1 N–H and O–H groups in total. The standard InChI is InChI=1S/C13H22F2N2O2/c1-9-6-10(3-5-19-9)2-4-16-13(18)17-7-11(14)12(15)8-17/h9-12H,2-8H2,1H3,(H,16,18)/t9?,10?,11-,12+. The van der Waals surface area contributed by atoms with Crippen LogP contribution in [0.1, 0.15) is 26.2 Å². The van der Waals surface area contributed by atoms with Crippen molar-refractivity contribution < 1.29 is 18.3 Å². The van der Waals surface area contributed by atoms with Crippen LogP contribution < -0.4 is 5.32 Å². The number of ether oxygens (including phenoxy) is 1. The molecule has 19 heavy (non-hydrogen) atoms. The van der Waals surface area contributed by atoms with Crippen molar-refractivity contribution in [1.29, 1.82) is 0 Å². The first-order chi connectivity index (χ1) is 9.06. The van der Waals surface area contributed by atoms with Gasteiger partial charge in [-0.05, 0) is 32.1 Å². The Balaban J connectivity index is 1.64. The van der Waals surface area contributed by atoms with Crippen molar-refractivity contribution >= 4 is 6.03 Å². The van der Waals surface area contributed by atoms with Crippen LogP contribution in [0.3, 0.4) is 0 Å². The summed E-state index contributed by atoms with van der Waals surface area (Å²) in [5.41, 5.74) is 0. The van der Waals surface area contributed by atoms with Gasteiger partial charge in [-0.1, -0.05) is 0 Å². The lowest BCUT2D eigenvalue weighted by molar-refractivity contribution is 0.00112. The molecule has 0 radical (unpaired) electrons. The third kappa shape index (κ3) is 4.03. The summed E-state index contributed by atoms with van der Waals surface area (Å²) in [5, 5.41) is 2.74. The van der Waals surface area contributed by atoms with Gasteiger partial charge in [0.05, 0.1) is 19.2 Å². The van der Waals surface area contributed by atoms with Gasteiger partial charge in [-0.25, -0.2) is 13.6 Å². The molecular weight excluding hydrogens is 254 g/mol. The molecule has 2 saturated heterocycles. The maximum atomic E-state index is 13.0. The Bertz CT molecular complexity index is 307. The highest BCUT2D eigenvalue weighted by Crippen LogP contribution is 2.22. The van der Waals surface area contributed by atoms with E-state index >= 15 is 0 Å². The Morgan fingerprint density at radius 1 is 1.37 bits per heavy atom. The Hall–Kier alpha value is -0.910. The molecule has 4 atom stereocenters. The third-order valence-electron chi connectivity index (χ3n) is 3.89. The molecule has 0 aliphatic carbocycles. The lowest BCUT2D eigenvalue weighted by Gasteiger charge is -2.27. The zero-order valence-electron chi connectivity index (χ0n) is 11.3. The van der Waals surface area contributed by atoms with Gasteiger partial charge in [0.15, 0.2) is 12.3 Å². The summed E-state index contributed by atoms with van der Waals surface area (Å²) in [7, 11) is 0. The van der Waals surface area contributed by atoms with E-state index in [2.05, 4.69) is 12.2 Å². The van der Waals surface area contributed by atoms with Gasteiger partial charge >= 0.3 is 6.03 Å². The second-order valence-corrected chi connectivity index (χ2v) is 5.53. The number of nitrogens with one attached hydrogen (secondary N) is 1. The van der Waals surface area contributed by atoms with Crippen LogP contribution in [0.15, 0.2) is 0 Å². The third-order valence-corrected chi connectivity index (χ3v) is 3.89. The number of amides is 2. The molecule has 110 valence electrons. The number of nitrogens with zero attached hydrogens (tertiary/aromatic N) is 1. The number of alkyl halides is 2. The van der Waals surface area contributed by atoms with Crippen LogP contribution in [0.4, 0.5) is 13.6 Å². The van der Waals surface area contributed by atoms with E-state index in [1.165, 1.54) is 4.90 Å². The molecular formula is C13H22F2N2O2. The van der Waals surface area contributed by atoms with Crippen molar-refractivity contribution in [1.82, 2.24) is 10.2 Å². The van der Waals surface area contributed by atoms with Gasteiger partial charge in [0.25, 0.3) is 0 Å². The van der Waals surface area contributed by atoms with E-state index in [1.807, 2.05) is 0 Å². The zero-order chi connectivity index (χ0) is 13.8. The monoisotopic (exact) mass is 276 g/mol. The summed E-state index contributed by atoms with van der Waals surface area (Å²) in [6.45, 7) is 3.11. The minimum absolute atomic E-state index is 0.138. The largest absolute Gasteiger partial charge is 0.378 e. The van der Waals surface area contributed by atoms with Gasteiger partial charge in [0.2, 0.25) is 0 Å². The molecule has 6 heteroatoms. The summed E-state index contributed by atoms with van der Waals surface area (Å²) in [4.78, 5) is 12.9. The van der Waals surface area contributed by atoms with Crippen LogP contribution in [-0.2, 0) is 4.74 Å². The van der Waals surface area contributed by atoms with Crippen LogP contribution in [0.2, 0.25) is 0 Å². The molecule has 0 spiro atoms. The van der Waals surface area contributed by atoms with Crippen molar-refractivity contribution in [2.24, 2.45) is 5.92 Å². The Morgan fingerprint density at radius 2 is 2.05 bits per heavy atom. The summed E-state index contributed by atoms with van der Waals surface area (Å²) in [6, 6.07) is -0.358. The fourth-order valence-corrected chi connectivity index (χ4v) is 2.74. The van der Waals surface area contributed by atoms with Gasteiger partial charge in [0.1, 0.15) is 0 Å². The van der Waals surface area contributed by atoms with E-state index in [-0.39, 0.29) is 25.2 Å². The highest BCUT2D eigenvalue weighted by atomic mass is 19.2. The maximum Gasteiger partial charge on any atom is 0.317 e. The fraction of sp³-hybridized carbons (Fsp3) is 0.923. The molecule has 2 unspecified atom stereocenters. The number of carbonyl (C=O) groups excluding carboxylic acids is 1. The fourth-order valence-electron chi connectivity index (χ4n) is 2.74. The quantitative estimate of drug-likeness (QED) is 0.855. The van der Waals surface area contributed by atoms with Crippen molar-refractivity contribution in [3.63, 3.8) is 0 Å². The summed E-state index contributed by atoms with van der Waals surface area (Å²) in [5.74, 6) is 0.561. The average Bonchev–Trinajstić information content (AvgIpc) is 2.70. The SMILES string of the molecule is CC1CC(CCNC(=O)N2C[C@@H](F)[C@@H](F)C2)CCO1. The van der Waals surface area contributed by atoms with E-state index in [4.69, 9.17) is 4.74 Å². The van der Waals surface area contributed by atoms with Gasteiger partial charge in [-0.3, -0.25) is 0 Å². The number of hydrogen-bond donors (Lipinski definition) is 1. The number of halogens is 2. The summed E-state index contributed by atoms with van der Waals surface area (Å²) >= 11 is 0. The first-order valence-electron chi connectivity index (χ1n) is 6.98. The van der Waals surface area contributed by atoms with E-state index in [9.17, 15) is 13.6 Å². The number of likely N-dealkylation sites (tertiary alicyclic amines) is 1. The predicted octanol–water partition coefficient (Wildman–Crippen LogP) is 1.89. The molecule has 4 nitrogen and oxygen atoms in total. The van der Waals surface area contributed by atoms with Crippen molar-refractivity contribution in [3.05, 3.63) is 0 Å². The lowest BCUT2D eigenvalue weighted by Crippen LogP contribution is -2.40. The summed E-state index contributed by atoms with van der Waals surface area (Å²) < 4.78 is 31.4. The molecule has 0 saturated carbocycles. The summed E-state index contributed by atoms with van der Waals surface area (Å²) in [6.07, 6.45) is 0.129. The number of rotatable bonds is 3.